The van der Waals surface area contributed by atoms with Gasteiger partial charge in [-0.1, -0.05) is 170 Å². The number of nitrogens with zero attached hydrogens (tertiary/aromatic N) is 2. The van der Waals surface area contributed by atoms with E-state index >= 15 is 0 Å². The number of furan rings is 2. The van der Waals surface area contributed by atoms with Crippen molar-refractivity contribution < 1.29 is 8.83 Å². The summed E-state index contributed by atoms with van der Waals surface area (Å²) in [6.45, 7) is 0. The number of hydrogen-bond donors (Lipinski definition) is 0. The lowest BCUT2D eigenvalue weighted by molar-refractivity contribution is 0.597. The van der Waals surface area contributed by atoms with Gasteiger partial charge in [0, 0.05) is 55.8 Å². The summed E-state index contributed by atoms with van der Waals surface area (Å²) in [7, 11) is 0. The standard InChI is InChI=1S/C64H44N2O2/c1-5-17-47(18-6-1)61-41-43-63(67-61)57-37-39-59(55-27-15-13-25-53(55)57)65(49-21-9-3-10-22-49)51-33-29-45(30-34-51)46-31-35-52(36-32-46)66(50-23-11-4-12-24-50)60-40-38-58(54-26-14-16-28-56(54)60)64-44-42-62(68-64)48-19-7-2-8-20-48/h1-44H. The largest absolute Gasteiger partial charge is 0.456 e. The lowest BCUT2D eigenvalue weighted by Gasteiger charge is -2.28. The van der Waals surface area contributed by atoms with E-state index in [-0.39, 0.29) is 0 Å². The molecule has 0 aliphatic rings. The van der Waals surface area contributed by atoms with Crippen molar-refractivity contribution in [1.29, 1.82) is 0 Å². The summed E-state index contributed by atoms with van der Waals surface area (Å²) in [6.07, 6.45) is 0. The Labute approximate surface area is 395 Å². The summed E-state index contributed by atoms with van der Waals surface area (Å²) < 4.78 is 13.0. The third-order valence-corrected chi connectivity index (χ3v) is 12.8. The fourth-order valence-electron chi connectivity index (χ4n) is 9.48. The van der Waals surface area contributed by atoms with E-state index < -0.39 is 0 Å². The molecule has 322 valence electrons. The maximum atomic E-state index is 6.48. The maximum absolute atomic E-state index is 6.48. The molecule has 0 spiro atoms. The van der Waals surface area contributed by atoms with Crippen molar-refractivity contribution >= 4 is 55.7 Å². The van der Waals surface area contributed by atoms with E-state index in [9.17, 15) is 0 Å². The molecule has 0 bridgehead atoms. The third-order valence-electron chi connectivity index (χ3n) is 12.8. The zero-order valence-electron chi connectivity index (χ0n) is 37.1. The Bertz CT molecular complexity index is 3410. The van der Waals surface area contributed by atoms with Crippen molar-refractivity contribution in [2.75, 3.05) is 9.80 Å². The summed E-state index contributed by atoms with van der Waals surface area (Å²) in [4.78, 5) is 4.69. The molecule has 0 amide bonds. The highest BCUT2D eigenvalue weighted by Crippen LogP contribution is 2.45. The molecule has 4 nitrogen and oxygen atoms in total. The lowest BCUT2D eigenvalue weighted by Crippen LogP contribution is -2.10. The number of fused-ring (bicyclic) bond motifs is 2. The Hall–Kier alpha value is -9.12. The van der Waals surface area contributed by atoms with Gasteiger partial charge in [-0.15, -0.1) is 0 Å². The number of anilines is 6. The highest BCUT2D eigenvalue weighted by Gasteiger charge is 2.21. The van der Waals surface area contributed by atoms with Gasteiger partial charge in [0.2, 0.25) is 0 Å². The van der Waals surface area contributed by atoms with Crippen LogP contribution < -0.4 is 9.80 Å². The zero-order chi connectivity index (χ0) is 45.2. The molecular weight excluding hydrogens is 829 g/mol. The molecule has 68 heavy (non-hydrogen) atoms. The summed E-state index contributed by atoms with van der Waals surface area (Å²) in [5.74, 6) is 3.39. The quantitative estimate of drug-likeness (QED) is 0.130. The van der Waals surface area contributed by atoms with Gasteiger partial charge < -0.3 is 18.6 Å². The molecule has 0 saturated heterocycles. The molecule has 0 saturated carbocycles. The van der Waals surface area contributed by atoms with Crippen molar-refractivity contribution in [2.45, 2.75) is 0 Å². The second kappa shape index (κ2) is 17.7. The van der Waals surface area contributed by atoms with Gasteiger partial charge in [0.1, 0.15) is 23.0 Å². The van der Waals surface area contributed by atoms with Gasteiger partial charge in [-0.3, -0.25) is 0 Å². The van der Waals surface area contributed by atoms with Crippen LogP contribution in [0, 0.1) is 0 Å². The molecule has 2 heterocycles. The minimum atomic E-state index is 0.842. The molecular formula is C64H44N2O2. The number of para-hydroxylation sites is 2. The molecule has 4 heteroatoms. The first-order chi connectivity index (χ1) is 33.7. The van der Waals surface area contributed by atoms with E-state index in [2.05, 4.69) is 240 Å². The Morgan fingerprint density at radius 2 is 0.515 bits per heavy atom. The Kier molecular flexibility index (Phi) is 10.5. The molecule has 12 aromatic rings. The Morgan fingerprint density at radius 1 is 0.206 bits per heavy atom. The normalized spacial score (nSPS) is 11.2. The van der Waals surface area contributed by atoms with Gasteiger partial charge in [-0.05, 0) is 119 Å². The molecule has 0 aliphatic carbocycles. The summed E-state index contributed by atoms with van der Waals surface area (Å²) in [5, 5.41) is 4.52. The van der Waals surface area contributed by atoms with E-state index in [1.165, 1.54) is 0 Å². The average Bonchev–Trinajstić information content (AvgIpc) is 4.13. The van der Waals surface area contributed by atoms with Crippen LogP contribution in [0.15, 0.2) is 276 Å². The summed E-state index contributed by atoms with van der Waals surface area (Å²) in [6, 6.07) is 93.8. The van der Waals surface area contributed by atoms with E-state index in [1.807, 2.05) is 36.4 Å². The van der Waals surface area contributed by atoms with Crippen molar-refractivity contribution in [1.82, 2.24) is 0 Å². The van der Waals surface area contributed by atoms with Gasteiger partial charge in [-0.2, -0.15) is 0 Å². The van der Waals surface area contributed by atoms with Crippen LogP contribution in [-0.2, 0) is 0 Å². The summed E-state index contributed by atoms with van der Waals surface area (Å²) >= 11 is 0. The van der Waals surface area contributed by atoms with Crippen LogP contribution in [0.3, 0.4) is 0 Å². The van der Waals surface area contributed by atoms with Crippen molar-refractivity contribution in [3.63, 3.8) is 0 Å². The Balaban J connectivity index is 0.878. The lowest BCUT2D eigenvalue weighted by atomic mass is 9.99. The van der Waals surface area contributed by atoms with Gasteiger partial charge in [-0.25, -0.2) is 0 Å². The van der Waals surface area contributed by atoms with Gasteiger partial charge >= 0.3 is 0 Å². The number of rotatable bonds is 11. The second-order valence-corrected chi connectivity index (χ2v) is 16.9. The topological polar surface area (TPSA) is 32.8 Å². The van der Waals surface area contributed by atoms with Gasteiger partial charge in [0.15, 0.2) is 0 Å². The van der Waals surface area contributed by atoms with Crippen LogP contribution in [-0.4, -0.2) is 0 Å². The van der Waals surface area contributed by atoms with Crippen molar-refractivity contribution in [2.24, 2.45) is 0 Å². The van der Waals surface area contributed by atoms with Crippen LogP contribution in [0.5, 0.6) is 0 Å². The van der Waals surface area contributed by atoms with E-state index in [0.29, 0.717) is 0 Å². The molecule has 0 N–H and O–H groups in total. The third kappa shape index (κ3) is 7.60. The van der Waals surface area contributed by atoms with E-state index in [4.69, 9.17) is 8.83 Å². The van der Waals surface area contributed by atoms with Crippen LogP contribution in [0.4, 0.5) is 34.1 Å². The first-order valence-electron chi connectivity index (χ1n) is 23.0. The molecule has 0 fully saturated rings. The fraction of sp³-hybridized carbons (Fsp3) is 0. The van der Waals surface area contributed by atoms with Crippen molar-refractivity contribution in [3.8, 4) is 56.4 Å². The smallest absolute Gasteiger partial charge is 0.135 e. The molecule has 12 rings (SSSR count). The fourth-order valence-corrected chi connectivity index (χ4v) is 9.48. The monoisotopic (exact) mass is 872 g/mol. The maximum Gasteiger partial charge on any atom is 0.135 e. The van der Waals surface area contributed by atoms with Crippen LogP contribution in [0.1, 0.15) is 0 Å². The molecule has 2 aromatic heterocycles. The minimum absolute atomic E-state index is 0.842. The molecule has 10 aromatic carbocycles. The van der Waals surface area contributed by atoms with Gasteiger partial charge in [0.25, 0.3) is 0 Å². The van der Waals surface area contributed by atoms with Crippen molar-refractivity contribution in [3.05, 3.63) is 267 Å². The molecule has 0 radical (unpaired) electrons. The zero-order valence-corrected chi connectivity index (χ0v) is 37.1. The highest BCUT2D eigenvalue weighted by molar-refractivity contribution is 6.07. The molecule has 0 atom stereocenters. The van der Waals surface area contributed by atoms with Crippen LogP contribution in [0.25, 0.3) is 78.0 Å². The highest BCUT2D eigenvalue weighted by atomic mass is 16.3. The van der Waals surface area contributed by atoms with Crippen LogP contribution >= 0.6 is 0 Å². The van der Waals surface area contributed by atoms with E-state index in [1.54, 1.807) is 0 Å². The second-order valence-electron chi connectivity index (χ2n) is 16.9. The van der Waals surface area contributed by atoms with E-state index in [0.717, 1.165) is 112 Å². The van der Waals surface area contributed by atoms with Gasteiger partial charge in [0.05, 0.1) is 11.4 Å². The number of benzene rings is 10. The Morgan fingerprint density at radius 3 is 0.897 bits per heavy atom. The number of hydrogen-bond acceptors (Lipinski definition) is 4. The predicted octanol–water partition coefficient (Wildman–Crippen LogP) is 18.5. The molecule has 0 aliphatic heterocycles. The van der Waals surface area contributed by atoms with Crippen LogP contribution in [0.2, 0.25) is 0 Å². The predicted molar refractivity (Wildman–Crippen MR) is 283 cm³/mol. The molecule has 0 unspecified atom stereocenters. The average molecular weight is 873 g/mol. The summed E-state index contributed by atoms with van der Waals surface area (Å²) in [5.41, 5.74) is 13.0. The first kappa shape index (κ1) is 40.4. The minimum Gasteiger partial charge on any atom is -0.456 e. The SMILES string of the molecule is c1ccc(-c2ccc(-c3ccc(N(c4ccccc4)c4ccc(-c5ccc(N(c6ccccc6)c6ccc(-c7ccc(-c8ccccc8)o7)c7ccccc67)cc5)cc4)c4ccccc34)o2)cc1. The first-order valence-corrected chi connectivity index (χ1v) is 23.0.